The molecule has 1 aliphatic rings. The highest BCUT2D eigenvalue weighted by molar-refractivity contribution is 6.51. The van der Waals surface area contributed by atoms with E-state index in [9.17, 15) is 29.7 Å². The van der Waals surface area contributed by atoms with Crippen molar-refractivity contribution in [3.8, 4) is 11.5 Å². The van der Waals surface area contributed by atoms with E-state index in [-0.39, 0.29) is 39.2 Å². The summed E-state index contributed by atoms with van der Waals surface area (Å²) >= 11 is 6.32. The minimum absolute atomic E-state index is 0.00765. The zero-order valence-corrected chi connectivity index (χ0v) is 20.8. The molecule has 1 atom stereocenters. The van der Waals surface area contributed by atoms with Gasteiger partial charge in [0.2, 0.25) is 5.95 Å². The Labute approximate surface area is 220 Å². The van der Waals surface area contributed by atoms with Gasteiger partial charge in [0.1, 0.15) is 17.3 Å². The molecule has 192 valence electrons. The second kappa shape index (κ2) is 9.24. The Kier molecular flexibility index (Phi) is 6.04. The summed E-state index contributed by atoms with van der Waals surface area (Å²) in [4.78, 5) is 46.7. The predicted octanol–water partition coefficient (Wildman–Crippen LogP) is 4.56. The molecule has 1 fully saturated rings. The van der Waals surface area contributed by atoms with E-state index in [1.165, 1.54) is 49.6 Å². The van der Waals surface area contributed by atoms with Crippen molar-refractivity contribution < 1.29 is 34.4 Å². The third-order valence-electron chi connectivity index (χ3n) is 6.24. The maximum Gasteiger partial charge on any atom is 0.335 e. The Morgan fingerprint density at radius 3 is 2.45 bits per heavy atom. The number of aromatic carboxylic acids is 1. The first-order valence-corrected chi connectivity index (χ1v) is 11.7. The maximum absolute atomic E-state index is 13.4. The van der Waals surface area contributed by atoms with Gasteiger partial charge in [-0.25, -0.2) is 9.78 Å². The van der Waals surface area contributed by atoms with Crippen LogP contribution in [0.4, 0.5) is 5.95 Å². The number of H-pyrrole nitrogens is 1. The molecule has 1 unspecified atom stereocenters. The van der Waals surface area contributed by atoms with Crippen molar-refractivity contribution in [2.75, 3.05) is 12.0 Å². The van der Waals surface area contributed by atoms with Gasteiger partial charge < -0.3 is 25.0 Å². The van der Waals surface area contributed by atoms with Crippen LogP contribution in [-0.2, 0) is 9.59 Å². The number of aliphatic hydroxyl groups excluding tert-OH is 1. The minimum Gasteiger partial charge on any atom is -0.508 e. The first kappa shape index (κ1) is 24.8. The lowest BCUT2D eigenvalue weighted by Crippen LogP contribution is -2.30. The number of aryl methyl sites for hydroxylation is 1. The number of aromatic hydroxyl groups is 1. The van der Waals surface area contributed by atoms with E-state index in [4.69, 9.17) is 16.3 Å². The molecule has 1 amide bonds. The molecule has 3 aromatic carbocycles. The molecule has 4 aromatic rings. The monoisotopic (exact) mass is 533 g/mol. The van der Waals surface area contributed by atoms with E-state index in [1.807, 2.05) is 0 Å². The lowest BCUT2D eigenvalue weighted by Gasteiger charge is -2.23. The molecule has 2 heterocycles. The van der Waals surface area contributed by atoms with E-state index in [0.29, 0.717) is 22.2 Å². The van der Waals surface area contributed by atoms with Crippen LogP contribution in [0.25, 0.3) is 16.8 Å². The fourth-order valence-corrected chi connectivity index (χ4v) is 4.87. The van der Waals surface area contributed by atoms with E-state index < -0.39 is 29.5 Å². The van der Waals surface area contributed by atoms with Crippen LogP contribution in [0.2, 0.25) is 5.02 Å². The average Bonchev–Trinajstić information content (AvgIpc) is 3.41. The number of hydrogen-bond donors (Lipinski definition) is 4. The van der Waals surface area contributed by atoms with Crippen LogP contribution in [0.3, 0.4) is 0 Å². The summed E-state index contributed by atoms with van der Waals surface area (Å²) in [5, 5.41) is 30.8. The van der Waals surface area contributed by atoms with Gasteiger partial charge >= 0.3 is 11.9 Å². The highest BCUT2D eigenvalue weighted by atomic mass is 35.5. The van der Waals surface area contributed by atoms with Gasteiger partial charge in [0.15, 0.2) is 0 Å². The Balaban J connectivity index is 1.76. The van der Waals surface area contributed by atoms with Gasteiger partial charge in [-0.1, -0.05) is 23.7 Å². The van der Waals surface area contributed by atoms with Crippen LogP contribution in [0.15, 0.2) is 60.2 Å². The number of carbonyl (C=O) groups is 3. The molecular formula is C27H20ClN3O7. The average molecular weight is 534 g/mol. The highest BCUT2D eigenvalue weighted by Crippen LogP contribution is 2.44. The van der Waals surface area contributed by atoms with Crippen LogP contribution < -0.4 is 9.64 Å². The molecule has 1 aromatic heterocycles. The summed E-state index contributed by atoms with van der Waals surface area (Å²) in [5.41, 5.74) is 1.66. The normalized spacial score (nSPS) is 16.8. The van der Waals surface area contributed by atoms with E-state index in [1.54, 1.807) is 19.1 Å². The molecule has 0 radical (unpaired) electrons. The number of imidazole rings is 1. The minimum atomic E-state index is -1.15. The Morgan fingerprint density at radius 1 is 1.08 bits per heavy atom. The van der Waals surface area contributed by atoms with Gasteiger partial charge in [-0.15, -0.1) is 0 Å². The topological polar surface area (TPSA) is 153 Å². The van der Waals surface area contributed by atoms with Crippen molar-refractivity contribution in [2.24, 2.45) is 0 Å². The van der Waals surface area contributed by atoms with Gasteiger partial charge in [-0.3, -0.25) is 14.5 Å². The van der Waals surface area contributed by atoms with Crippen LogP contribution in [0, 0.1) is 6.92 Å². The fourth-order valence-electron chi connectivity index (χ4n) is 4.52. The van der Waals surface area contributed by atoms with Crippen molar-refractivity contribution in [1.29, 1.82) is 0 Å². The molecule has 38 heavy (non-hydrogen) atoms. The predicted molar refractivity (Wildman–Crippen MR) is 139 cm³/mol. The highest BCUT2D eigenvalue weighted by Gasteiger charge is 2.48. The Hall–Kier alpha value is -4.83. The van der Waals surface area contributed by atoms with E-state index >= 15 is 0 Å². The second-order valence-corrected chi connectivity index (χ2v) is 9.09. The van der Waals surface area contributed by atoms with Gasteiger partial charge in [-0.2, -0.15) is 0 Å². The fraction of sp³-hybridized carbons (Fsp3) is 0.111. The standard InChI is InChI=1S/C27H20ClN3O7/c1-12-9-16(24(38-2)17(28)10-12)22(33)20-21(13-3-6-15(32)7-4-13)31(25(35)23(20)34)27-29-18-8-5-14(26(36)37)11-19(18)30-27/h3-11,21,32-33H,1-2H3,(H,29,30)(H,36,37)/b22-20+. The van der Waals surface area contributed by atoms with Gasteiger partial charge in [0.25, 0.3) is 5.78 Å². The number of aromatic amines is 1. The summed E-state index contributed by atoms with van der Waals surface area (Å²) in [5.74, 6) is -3.55. The van der Waals surface area contributed by atoms with Gasteiger partial charge in [0, 0.05) is 0 Å². The first-order chi connectivity index (χ1) is 18.1. The maximum atomic E-state index is 13.4. The van der Waals surface area contributed by atoms with Crippen molar-refractivity contribution in [3.05, 3.63) is 87.4 Å². The second-order valence-electron chi connectivity index (χ2n) is 8.69. The van der Waals surface area contributed by atoms with E-state index in [0.717, 1.165) is 4.90 Å². The number of carboxylic acids is 1. The van der Waals surface area contributed by atoms with E-state index in [2.05, 4.69) is 9.97 Å². The molecule has 0 bridgehead atoms. The number of hydrogen-bond acceptors (Lipinski definition) is 7. The third kappa shape index (κ3) is 4.00. The van der Waals surface area contributed by atoms with Crippen molar-refractivity contribution in [1.82, 2.24) is 9.97 Å². The number of ketones is 1. The lowest BCUT2D eigenvalue weighted by atomic mass is 9.94. The van der Waals surface area contributed by atoms with Crippen LogP contribution in [0.5, 0.6) is 11.5 Å². The molecule has 1 saturated heterocycles. The Bertz CT molecular complexity index is 1670. The summed E-state index contributed by atoms with van der Waals surface area (Å²) in [6, 6.07) is 12.1. The quantitative estimate of drug-likeness (QED) is 0.165. The number of aliphatic hydroxyl groups is 1. The summed E-state index contributed by atoms with van der Waals surface area (Å²) < 4.78 is 5.38. The number of fused-ring (bicyclic) bond motifs is 1. The number of amides is 1. The number of aromatic nitrogens is 2. The molecule has 1 aliphatic heterocycles. The zero-order valence-electron chi connectivity index (χ0n) is 20.0. The number of Topliss-reactive ketones (excluding diaryl/α,β-unsaturated/α-hetero) is 1. The number of carbonyl (C=O) groups excluding carboxylic acids is 2. The Morgan fingerprint density at radius 2 is 1.79 bits per heavy atom. The number of anilines is 1. The zero-order chi connectivity index (χ0) is 27.3. The van der Waals surface area contributed by atoms with Crippen molar-refractivity contribution >= 4 is 52.0 Å². The van der Waals surface area contributed by atoms with Gasteiger partial charge in [0.05, 0.1) is 45.9 Å². The summed E-state index contributed by atoms with van der Waals surface area (Å²) in [6.45, 7) is 1.75. The molecule has 0 saturated carbocycles. The molecule has 11 heteroatoms. The molecule has 0 spiro atoms. The molecule has 0 aliphatic carbocycles. The van der Waals surface area contributed by atoms with Crippen molar-refractivity contribution in [3.63, 3.8) is 0 Å². The number of carboxylic acid groups (broad SMARTS) is 1. The van der Waals surface area contributed by atoms with Gasteiger partial charge in [-0.05, 0) is 60.5 Å². The summed E-state index contributed by atoms with van der Waals surface area (Å²) in [6.07, 6.45) is 0. The smallest absolute Gasteiger partial charge is 0.335 e. The van der Waals surface area contributed by atoms with Crippen LogP contribution in [0.1, 0.15) is 33.1 Å². The van der Waals surface area contributed by atoms with Crippen LogP contribution >= 0.6 is 11.6 Å². The number of nitrogens with zero attached hydrogens (tertiary/aromatic N) is 2. The van der Waals surface area contributed by atoms with Crippen LogP contribution in [-0.4, -0.2) is 50.1 Å². The number of phenolic OH excluding ortho intramolecular Hbond substituents is 1. The number of nitrogens with one attached hydrogen (secondary N) is 1. The lowest BCUT2D eigenvalue weighted by molar-refractivity contribution is -0.132. The number of methoxy groups -OCH3 is 1. The first-order valence-electron chi connectivity index (χ1n) is 11.3. The number of phenols is 1. The summed E-state index contributed by atoms with van der Waals surface area (Å²) in [7, 11) is 1.36. The van der Waals surface area contributed by atoms with Crippen molar-refractivity contribution in [2.45, 2.75) is 13.0 Å². The number of rotatable bonds is 5. The third-order valence-corrected chi connectivity index (χ3v) is 6.53. The number of benzene rings is 3. The molecule has 5 rings (SSSR count). The molecule has 10 nitrogen and oxygen atoms in total. The molecular weight excluding hydrogens is 514 g/mol. The number of ether oxygens (including phenoxy) is 1. The number of halogens is 1. The largest absolute Gasteiger partial charge is 0.508 e. The molecule has 4 N–H and O–H groups in total. The SMILES string of the molecule is COc1c(Cl)cc(C)cc1/C(O)=C1\C(=O)C(=O)N(c2nc3ccc(C(=O)O)cc3[nH]2)C1c1ccc(O)cc1.